The summed E-state index contributed by atoms with van der Waals surface area (Å²) < 4.78 is 21.9. The van der Waals surface area contributed by atoms with E-state index < -0.39 is 11.7 Å². The highest BCUT2D eigenvalue weighted by Crippen LogP contribution is 2.37. The number of amides is 1. The van der Waals surface area contributed by atoms with Gasteiger partial charge in [-0.15, -0.1) is 0 Å². The van der Waals surface area contributed by atoms with Gasteiger partial charge in [0.05, 0.1) is 16.9 Å². The molecule has 0 radical (unpaired) electrons. The summed E-state index contributed by atoms with van der Waals surface area (Å²) in [4.78, 5) is 15.0. The third kappa shape index (κ3) is 4.79. The lowest BCUT2D eigenvalue weighted by Gasteiger charge is -2.30. The van der Waals surface area contributed by atoms with Crippen molar-refractivity contribution in [2.24, 2.45) is 7.05 Å². The number of halogens is 2. The molecular formula is C24H26ClFN4O2. The van der Waals surface area contributed by atoms with Crippen LogP contribution in [0.15, 0.2) is 42.6 Å². The zero-order chi connectivity index (χ0) is 22.8. The Hall–Kier alpha value is -2.90. The van der Waals surface area contributed by atoms with Crippen LogP contribution in [0.2, 0.25) is 5.02 Å². The number of rotatable bonds is 5. The van der Waals surface area contributed by atoms with Crippen LogP contribution in [0, 0.1) is 12.7 Å². The van der Waals surface area contributed by atoms with Gasteiger partial charge >= 0.3 is 0 Å². The molecule has 2 heterocycles. The van der Waals surface area contributed by atoms with Crippen LogP contribution in [-0.4, -0.2) is 46.8 Å². The van der Waals surface area contributed by atoms with Gasteiger partial charge in [0.25, 0.3) is 5.91 Å². The maximum Gasteiger partial charge on any atom is 0.255 e. The van der Waals surface area contributed by atoms with Crippen molar-refractivity contribution in [3.63, 3.8) is 0 Å². The number of nitrogens with zero attached hydrogens (tertiary/aromatic N) is 3. The summed E-state index contributed by atoms with van der Waals surface area (Å²) in [6.45, 7) is 3.62. The SMILES string of the molecule is Cc1ccc(C(=O)Nc2ccc(OC3CCN(C)CC3)c(-c3c(Cl)cnn3C)c2)cc1F. The molecule has 0 bridgehead atoms. The van der Waals surface area contributed by atoms with E-state index in [1.54, 1.807) is 43.0 Å². The van der Waals surface area contributed by atoms with E-state index in [-0.39, 0.29) is 11.7 Å². The first-order valence-corrected chi connectivity index (χ1v) is 10.9. The van der Waals surface area contributed by atoms with E-state index in [0.29, 0.717) is 27.7 Å². The van der Waals surface area contributed by atoms with Crippen molar-refractivity contribution in [3.8, 4) is 17.0 Å². The molecule has 0 aliphatic carbocycles. The van der Waals surface area contributed by atoms with Gasteiger partial charge in [0.1, 0.15) is 17.7 Å². The molecule has 1 N–H and O–H groups in total. The Bertz CT molecular complexity index is 1120. The number of hydrogen-bond donors (Lipinski definition) is 1. The van der Waals surface area contributed by atoms with Gasteiger partial charge < -0.3 is 15.0 Å². The molecule has 8 heteroatoms. The Morgan fingerprint density at radius 2 is 1.94 bits per heavy atom. The molecule has 3 aromatic rings. The summed E-state index contributed by atoms with van der Waals surface area (Å²) in [5.74, 6) is -0.124. The van der Waals surface area contributed by atoms with Gasteiger partial charge in [-0.25, -0.2) is 4.39 Å². The molecule has 0 unspecified atom stereocenters. The quantitative estimate of drug-likeness (QED) is 0.592. The maximum absolute atomic E-state index is 13.9. The third-order valence-corrected chi connectivity index (χ3v) is 6.06. The monoisotopic (exact) mass is 456 g/mol. The Balaban J connectivity index is 1.64. The van der Waals surface area contributed by atoms with Crippen molar-refractivity contribution in [1.29, 1.82) is 0 Å². The molecule has 32 heavy (non-hydrogen) atoms. The van der Waals surface area contributed by atoms with Gasteiger partial charge in [-0.05, 0) is 62.7 Å². The number of anilines is 1. The average molecular weight is 457 g/mol. The van der Waals surface area contributed by atoms with E-state index in [2.05, 4.69) is 22.4 Å². The molecule has 4 rings (SSSR count). The molecule has 1 amide bonds. The fourth-order valence-electron chi connectivity index (χ4n) is 3.83. The Morgan fingerprint density at radius 3 is 2.59 bits per heavy atom. The number of aromatic nitrogens is 2. The highest BCUT2D eigenvalue weighted by molar-refractivity contribution is 6.33. The minimum Gasteiger partial charge on any atom is -0.490 e. The number of benzene rings is 2. The molecule has 2 aromatic carbocycles. The van der Waals surface area contributed by atoms with E-state index in [1.165, 1.54) is 6.07 Å². The molecule has 1 fully saturated rings. The lowest BCUT2D eigenvalue weighted by Crippen LogP contribution is -2.35. The van der Waals surface area contributed by atoms with Crippen molar-refractivity contribution < 1.29 is 13.9 Å². The van der Waals surface area contributed by atoms with Crippen LogP contribution in [0.1, 0.15) is 28.8 Å². The molecular weight excluding hydrogens is 431 g/mol. The van der Waals surface area contributed by atoms with E-state index >= 15 is 0 Å². The summed E-state index contributed by atoms with van der Waals surface area (Å²) in [6, 6.07) is 9.85. The van der Waals surface area contributed by atoms with Crippen molar-refractivity contribution in [2.45, 2.75) is 25.9 Å². The van der Waals surface area contributed by atoms with Crippen LogP contribution in [0.5, 0.6) is 5.75 Å². The molecule has 0 saturated carbocycles. The van der Waals surface area contributed by atoms with Crippen LogP contribution in [0.4, 0.5) is 10.1 Å². The first-order chi connectivity index (χ1) is 15.3. The molecule has 1 aliphatic rings. The van der Waals surface area contributed by atoms with Gasteiger partial charge in [0.15, 0.2) is 0 Å². The standard InChI is InChI=1S/C24H26ClFN4O2/c1-15-4-5-16(12-21(15)26)24(31)28-17-6-7-22(32-18-8-10-29(2)11-9-18)19(13-17)23-20(25)14-27-30(23)3/h4-7,12-14,18H,8-11H2,1-3H3,(H,28,31). The van der Waals surface area contributed by atoms with E-state index in [0.717, 1.165) is 31.5 Å². The lowest BCUT2D eigenvalue weighted by atomic mass is 10.1. The predicted molar refractivity (Wildman–Crippen MR) is 124 cm³/mol. The topological polar surface area (TPSA) is 59.4 Å². The largest absolute Gasteiger partial charge is 0.490 e. The number of carbonyl (C=O) groups excluding carboxylic acids is 1. The number of aryl methyl sites for hydroxylation is 2. The zero-order valence-corrected chi connectivity index (χ0v) is 19.1. The predicted octanol–water partition coefficient (Wildman–Crippen LogP) is 4.91. The lowest BCUT2D eigenvalue weighted by molar-refractivity contribution is 0.102. The van der Waals surface area contributed by atoms with Crippen molar-refractivity contribution in [3.05, 3.63) is 64.6 Å². The average Bonchev–Trinajstić information content (AvgIpc) is 3.10. The van der Waals surface area contributed by atoms with Gasteiger partial charge in [0, 0.05) is 37.0 Å². The minimum absolute atomic E-state index is 0.105. The number of nitrogens with one attached hydrogen (secondary N) is 1. The van der Waals surface area contributed by atoms with Crippen molar-refractivity contribution in [1.82, 2.24) is 14.7 Å². The molecule has 1 aromatic heterocycles. The van der Waals surface area contributed by atoms with Crippen LogP contribution in [0.25, 0.3) is 11.3 Å². The van der Waals surface area contributed by atoms with Crippen LogP contribution >= 0.6 is 11.6 Å². The molecule has 0 atom stereocenters. The maximum atomic E-state index is 13.9. The first kappa shape index (κ1) is 22.3. The molecule has 0 spiro atoms. The highest BCUT2D eigenvalue weighted by Gasteiger charge is 2.22. The van der Waals surface area contributed by atoms with E-state index in [4.69, 9.17) is 16.3 Å². The van der Waals surface area contributed by atoms with Crippen LogP contribution in [-0.2, 0) is 7.05 Å². The number of piperidine rings is 1. The minimum atomic E-state index is -0.415. The molecule has 1 aliphatic heterocycles. The van der Waals surface area contributed by atoms with Crippen molar-refractivity contribution in [2.75, 3.05) is 25.5 Å². The Kier molecular flexibility index (Phi) is 6.48. The summed E-state index contributed by atoms with van der Waals surface area (Å²) >= 11 is 6.43. The summed E-state index contributed by atoms with van der Waals surface area (Å²) in [6.07, 6.45) is 3.56. The smallest absolute Gasteiger partial charge is 0.255 e. The van der Waals surface area contributed by atoms with Gasteiger partial charge in [0.2, 0.25) is 0 Å². The van der Waals surface area contributed by atoms with E-state index in [9.17, 15) is 9.18 Å². The number of hydrogen-bond acceptors (Lipinski definition) is 4. The summed E-state index contributed by atoms with van der Waals surface area (Å²) in [7, 11) is 3.91. The normalized spacial score (nSPS) is 15.0. The van der Waals surface area contributed by atoms with E-state index in [1.807, 2.05) is 12.1 Å². The zero-order valence-electron chi connectivity index (χ0n) is 18.4. The fourth-order valence-corrected chi connectivity index (χ4v) is 4.10. The highest BCUT2D eigenvalue weighted by atomic mass is 35.5. The fraction of sp³-hybridized carbons (Fsp3) is 0.333. The second-order valence-corrected chi connectivity index (χ2v) is 8.62. The Morgan fingerprint density at radius 1 is 1.19 bits per heavy atom. The number of likely N-dealkylation sites (tertiary alicyclic amines) is 1. The summed E-state index contributed by atoms with van der Waals surface area (Å²) in [5, 5.41) is 7.57. The first-order valence-electron chi connectivity index (χ1n) is 10.6. The molecule has 1 saturated heterocycles. The molecule has 168 valence electrons. The third-order valence-electron chi connectivity index (χ3n) is 5.78. The second-order valence-electron chi connectivity index (χ2n) is 8.21. The van der Waals surface area contributed by atoms with Crippen molar-refractivity contribution >= 4 is 23.2 Å². The van der Waals surface area contributed by atoms with Crippen LogP contribution < -0.4 is 10.1 Å². The van der Waals surface area contributed by atoms with Gasteiger partial charge in [-0.2, -0.15) is 5.10 Å². The molecule has 6 nitrogen and oxygen atoms in total. The van der Waals surface area contributed by atoms with Crippen LogP contribution in [0.3, 0.4) is 0 Å². The van der Waals surface area contributed by atoms with Gasteiger partial charge in [-0.3, -0.25) is 9.48 Å². The van der Waals surface area contributed by atoms with Gasteiger partial charge in [-0.1, -0.05) is 17.7 Å². The number of ether oxygens (including phenoxy) is 1. The number of carbonyl (C=O) groups is 1. The summed E-state index contributed by atoms with van der Waals surface area (Å²) in [5.41, 5.74) is 2.73. The Labute approximate surface area is 191 Å². The second kappa shape index (κ2) is 9.30.